The number of carbonyl (C=O) groups is 2. The second kappa shape index (κ2) is 9.68. The minimum Gasteiger partial charge on any atom is -0.444 e. The summed E-state index contributed by atoms with van der Waals surface area (Å²) in [7, 11) is 0. The molecule has 166 valence electrons. The maximum absolute atomic E-state index is 12.1. The third-order valence-corrected chi connectivity index (χ3v) is 4.64. The van der Waals surface area contributed by atoms with E-state index in [-0.39, 0.29) is 35.1 Å². The Morgan fingerprint density at radius 1 is 1.27 bits per heavy atom. The van der Waals surface area contributed by atoms with Crippen LogP contribution in [0.25, 0.3) is 0 Å². The Morgan fingerprint density at radius 3 is 2.43 bits per heavy atom. The van der Waals surface area contributed by atoms with E-state index in [0.717, 1.165) is 19.3 Å². The van der Waals surface area contributed by atoms with Gasteiger partial charge in [0.05, 0.1) is 4.92 Å². The molecule has 1 aromatic rings. The number of piperidine rings is 1. The van der Waals surface area contributed by atoms with Crippen molar-refractivity contribution < 1.29 is 19.2 Å². The number of hydrogen-bond acceptors (Lipinski definition) is 8. The second-order valence-electron chi connectivity index (χ2n) is 8.39. The molecule has 1 saturated heterocycles. The summed E-state index contributed by atoms with van der Waals surface area (Å²) in [5.74, 6) is 0.139. The molecule has 0 aromatic carbocycles. The molecule has 0 radical (unpaired) electrons. The number of nitrogens with zero attached hydrogens (tertiary/aromatic N) is 4. The number of anilines is 2. The average molecular weight is 422 g/mol. The fourth-order valence-electron chi connectivity index (χ4n) is 3.25. The lowest BCUT2D eigenvalue weighted by molar-refractivity contribution is -0.385. The highest BCUT2D eigenvalue weighted by molar-refractivity contribution is 5.87. The van der Waals surface area contributed by atoms with Crippen molar-refractivity contribution in [2.24, 2.45) is 5.92 Å². The minimum atomic E-state index is -0.533. The molecule has 2 amide bonds. The van der Waals surface area contributed by atoms with Crippen LogP contribution < -0.4 is 10.6 Å². The van der Waals surface area contributed by atoms with E-state index >= 15 is 0 Å². The van der Waals surface area contributed by atoms with Crippen LogP contribution in [0.15, 0.2) is 0 Å². The van der Waals surface area contributed by atoms with Crippen molar-refractivity contribution in [1.82, 2.24) is 14.9 Å². The molecule has 0 atom stereocenters. The van der Waals surface area contributed by atoms with Gasteiger partial charge in [-0.15, -0.1) is 0 Å². The predicted octanol–water partition coefficient (Wildman–Crippen LogP) is 3.10. The fraction of sp³-hybridized carbons (Fsp3) is 0.684. The zero-order valence-corrected chi connectivity index (χ0v) is 18.2. The van der Waals surface area contributed by atoms with Gasteiger partial charge in [-0.3, -0.25) is 20.2 Å². The molecule has 0 spiro atoms. The second-order valence-corrected chi connectivity index (χ2v) is 8.39. The summed E-state index contributed by atoms with van der Waals surface area (Å²) >= 11 is 0. The normalized spacial score (nSPS) is 14.9. The van der Waals surface area contributed by atoms with Crippen LogP contribution in [0.1, 0.15) is 52.7 Å². The molecule has 0 aliphatic carbocycles. The van der Waals surface area contributed by atoms with Crippen molar-refractivity contribution in [3.63, 3.8) is 0 Å². The van der Waals surface area contributed by atoms with Crippen LogP contribution in [0, 0.1) is 23.0 Å². The summed E-state index contributed by atoms with van der Waals surface area (Å²) in [6.45, 7) is 10.1. The number of rotatable bonds is 6. The molecule has 1 aromatic heterocycles. The number of nitro groups is 1. The van der Waals surface area contributed by atoms with E-state index < -0.39 is 10.5 Å². The first-order chi connectivity index (χ1) is 14.0. The SMILES string of the molecule is CC(=O)Nc1nc(C)c([N+](=O)[O-])c(NCCC2CCN(C(=O)OC(C)(C)C)CC2)n1. The summed E-state index contributed by atoms with van der Waals surface area (Å²) in [5.41, 5.74) is -0.547. The number of aryl methyl sites for hydroxylation is 1. The Labute approximate surface area is 175 Å². The fourth-order valence-corrected chi connectivity index (χ4v) is 3.25. The van der Waals surface area contributed by atoms with Crippen molar-refractivity contribution in [2.75, 3.05) is 30.3 Å². The molecule has 1 fully saturated rings. The number of nitrogens with one attached hydrogen (secondary N) is 2. The topological polar surface area (TPSA) is 140 Å². The van der Waals surface area contributed by atoms with Crippen LogP contribution in [0.4, 0.5) is 22.2 Å². The van der Waals surface area contributed by atoms with Gasteiger partial charge in [-0.1, -0.05) is 0 Å². The van der Waals surface area contributed by atoms with Gasteiger partial charge in [0.1, 0.15) is 11.3 Å². The Hall–Kier alpha value is -2.98. The quantitative estimate of drug-likeness (QED) is 0.526. The largest absolute Gasteiger partial charge is 0.444 e. The summed E-state index contributed by atoms with van der Waals surface area (Å²) in [6.07, 6.45) is 2.15. The maximum Gasteiger partial charge on any atom is 0.410 e. The zero-order chi connectivity index (χ0) is 22.5. The highest BCUT2D eigenvalue weighted by Crippen LogP contribution is 2.27. The Balaban J connectivity index is 1.91. The molecule has 30 heavy (non-hydrogen) atoms. The van der Waals surface area contributed by atoms with Gasteiger partial charge in [-0.25, -0.2) is 9.78 Å². The molecule has 0 bridgehead atoms. The van der Waals surface area contributed by atoms with Gasteiger partial charge in [0, 0.05) is 26.6 Å². The minimum absolute atomic E-state index is 0.0266. The molecule has 0 saturated carbocycles. The van der Waals surface area contributed by atoms with Crippen molar-refractivity contribution in [3.05, 3.63) is 15.8 Å². The maximum atomic E-state index is 12.1. The lowest BCUT2D eigenvalue weighted by Gasteiger charge is -2.33. The lowest BCUT2D eigenvalue weighted by Crippen LogP contribution is -2.41. The van der Waals surface area contributed by atoms with Crippen LogP contribution in [0.2, 0.25) is 0 Å². The van der Waals surface area contributed by atoms with Gasteiger partial charge < -0.3 is 15.0 Å². The molecule has 11 heteroatoms. The highest BCUT2D eigenvalue weighted by atomic mass is 16.6. The van der Waals surface area contributed by atoms with E-state index in [2.05, 4.69) is 20.6 Å². The Bertz CT molecular complexity index is 799. The van der Waals surface area contributed by atoms with Gasteiger partial charge in [-0.05, 0) is 52.9 Å². The number of hydrogen-bond donors (Lipinski definition) is 2. The number of carbonyl (C=O) groups excluding carboxylic acids is 2. The van der Waals surface area contributed by atoms with Crippen molar-refractivity contribution >= 4 is 29.5 Å². The van der Waals surface area contributed by atoms with Crippen molar-refractivity contribution in [1.29, 1.82) is 0 Å². The lowest BCUT2D eigenvalue weighted by atomic mass is 9.94. The van der Waals surface area contributed by atoms with Crippen molar-refractivity contribution in [3.8, 4) is 0 Å². The number of ether oxygens (including phenoxy) is 1. The molecule has 1 aliphatic rings. The molecule has 1 aliphatic heterocycles. The zero-order valence-electron chi connectivity index (χ0n) is 18.2. The van der Waals surface area contributed by atoms with Gasteiger partial charge in [0.25, 0.3) is 0 Å². The average Bonchev–Trinajstić information content (AvgIpc) is 2.59. The molecule has 2 N–H and O–H groups in total. The van der Waals surface area contributed by atoms with E-state index in [1.54, 1.807) is 4.90 Å². The first kappa shape index (κ1) is 23.3. The van der Waals surface area contributed by atoms with E-state index in [4.69, 9.17) is 4.74 Å². The Kier molecular flexibility index (Phi) is 7.52. The summed E-state index contributed by atoms with van der Waals surface area (Å²) in [6, 6.07) is 0. The molecule has 2 heterocycles. The first-order valence-corrected chi connectivity index (χ1v) is 9.98. The summed E-state index contributed by atoms with van der Waals surface area (Å²) < 4.78 is 5.40. The number of likely N-dealkylation sites (tertiary alicyclic amines) is 1. The standard InChI is InChI=1S/C19H30N6O5/c1-12-15(25(28)29)16(23-17(21-12)22-13(2)26)20-9-6-14-7-10-24(11-8-14)18(27)30-19(3,4)5/h14H,6-11H2,1-5H3,(H2,20,21,22,23,26). The van der Waals surface area contributed by atoms with E-state index in [1.165, 1.54) is 13.8 Å². The first-order valence-electron chi connectivity index (χ1n) is 9.98. The van der Waals surface area contributed by atoms with E-state index in [1.807, 2.05) is 20.8 Å². The smallest absolute Gasteiger partial charge is 0.410 e. The number of amides is 2. The highest BCUT2D eigenvalue weighted by Gasteiger charge is 2.27. The van der Waals surface area contributed by atoms with Crippen LogP contribution in [0.3, 0.4) is 0 Å². The van der Waals surface area contributed by atoms with Crippen LogP contribution in [-0.2, 0) is 9.53 Å². The molecule has 11 nitrogen and oxygen atoms in total. The van der Waals surface area contributed by atoms with Gasteiger partial charge in [-0.2, -0.15) is 4.98 Å². The van der Waals surface area contributed by atoms with E-state index in [9.17, 15) is 19.7 Å². The Morgan fingerprint density at radius 2 is 1.90 bits per heavy atom. The molecule has 2 rings (SSSR count). The molecule has 0 unspecified atom stereocenters. The van der Waals surface area contributed by atoms with Gasteiger partial charge >= 0.3 is 11.8 Å². The third kappa shape index (κ3) is 6.82. The van der Waals surface area contributed by atoms with E-state index in [0.29, 0.717) is 25.6 Å². The molecular weight excluding hydrogens is 392 g/mol. The number of aromatic nitrogens is 2. The van der Waals surface area contributed by atoms with Crippen LogP contribution in [0.5, 0.6) is 0 Å². The summed E-state index contributed by atoms with van der Waals surface area (Å²) in [4.78, 5) is 44.0. The monoisotopic (exact) mass is 422 g/mol. The summed E-state index contributed by atoms with van der Waals surface area (Å²) in [5, 5.41) is 16.9. The van der Waals surface area contributed by atoms with Crippen LogP contribution >= 0.6 is 0 Å². The van der Waals surface area contributed by atoms with Crippen LogP contribution in [-0.4, -0.2) is 57.0 Å². The van der Waals surface area contributed by atoms with Gasteiger partial charge in [0.2, 0.25) is 17.7 Å². The van der Waals surface area contributed by atoms with Crippen molar-refractivity contribution in [2.45, 2.75) is 59.5 Å². The predicted molar refractivity (Wildman–Crippen MR) is 111 cm³/mol. The molecular formula is C19H30N6O5. The van der Waals surface area contributed by atoms with Gasteiger partial charge in [0.15, 0.2) is 0 Å². The third-order valence-electron chi connectivity index (χ3n) is 4.64.